The smallest absolute Gasteiger partial charge is 0.269 e. The predicted molar refractivity (Wildman–Crippen MR) is 71.0 cm³/mol. The van der Waals surface area contributed by atoms with Crippen LogP contribution in [0.2, 0.25) is 0 Å². The lowest BCUT2D eigenvalue weighted by molar-refractivity contribution is -0.384. The normalized spacial score (nSPS) is 20.8. The molecule has 6 heteroatoms. The first kappa shape index (κ1) is 13.1. The number of nitrogens with zero attached hydrogens (tertiary/aromatic N) is 2. The van der Waals surface area contributed by atoms with Gasteiger partial charge in [0, 0.05) is 37.1 Å². The Morgan fingerprint density at radius 2 is 2.00 bits per heavy atom. The number of ether oxygens (including phenoxy) is 1. The van der Waals surface area contributed by atoms with Gasteiger partial charge in [0.15, 0.2) is 0 Å². The molecular weight excluding hydrogens is 260 g/mol. The lowest BCUT2D eigenvalue weighted by Gasteiger charge is -2.46. The first-order valence-corrected chi connectivity index (χ1v) is 6.67. The number of hydrogen-bond donors (Lipinski definition) is 0. The Kier molecular flexibility index (Phi) is 3.17. The lowest BCUT2D eigenvalue weighted by Crippen LogP contribution is -2.52. The molecule has 0 atom stereocenters. The minimum atomic E-state index is -0.420. The van der Waals surface area contributed by atoms with Crippen molar-refractivity contribution in [3.8, 4) is 0 Å². The van der Waals surface area contributed by atoms with Crippen LogP contribution in [0.1, 0.15) is 18.4 Å². The average Bonchev–Trinajstić information content (AvgIpc) is 2.40. The third-order valence-electron chi connectivity index (χ3n) is 4.13. The third kappa shape index (κ3) is 2.38. The van der Waals surface area contributed by atoms with Crippen LogP contribution < -0.4 is 0 Å². The van der Waals surface area contributed by atoms with Crippen LogP contribution >= 0.6 is 0 Å². The minimum absolute atomic E-state index is 0.0734. The van der Waals surface area contributed by atoms with Crippen molar-refractivity contribution < 1.29 is 14.5 Å². The summed E-state index contributed by atoms with van der Waals surface area (Å²) in [5.74, 6) is 0.151. The van der Waals surface area contributed by atoms with Crippen LogP contribution in [-0.2, 0) is 16.1 Å². The molecule has 2 saturated heterocycles. The summed E-state index contributed by atoms with van der Waals surface area (Å²) in [4.78, 5) is 24.1. The number of non-ortho nitro benzene ring substituents is 1. The molecule has 2 aliphatic heterocycles. The van der Waals surface area contributed by atoms with Gasteiger partial charge in [0.1, 0.15) is 0 Å². The van der Waals surface area contributed by atoms with Gasteiger partial charge in [-0.05, 0) is 12.0 Å². The molecule has 2 heterocycles. The summed E-state index contributed by atoms with van der Waals surface area (Å²) in [7, 11) is 0. The molecule has 20 heavy (non-hydrogen) atoms. The first-order valence-electron chi connectivity index (χ1n) is 6.67. The number of benzene rings is 1. The van der Waals surface area contributed by atoms with E-state index in [0.717, 1.165) is 18.5 Å². The van der Waals surface area contributed by atoms with Gasteiger partial charge in [-0.3, -0.25) is 14.9 Å². The summed E-state index contributed by atoms with van der Waals surface area (Å²) in [5, 5.41) is 10.6. The van der Waals surface area contributed by atoms with Gasteiger partial charge >= 0.3 is 0 Å². The van der Waals surface area contributed by atoms with Crippen molar-refractivity contribution >= 4 is 11.6 Å². The predicted octanol–water partition coefficient (Wildman–Crippen LogP) is 1.73. The number of hydrogen-bond acceptors (Lipinski definition) is 4. The Balaban J connectivity index is 1.63. The molecule has 0 unspecified atom stereocenters. The van der Waals surface area contributed by atoms with Gasteiger partial charge in [0.05, 0.1) is 18.1 Å². The molecule has 106 valence electrons. The van der Waals surface area contributed by atoms with E-state index in [1.165, 1.54) is 12.1 Å². The molecule has 0 bridgehead atoms. The quantitative estimate of drug-likeness (QED) is 0.622. The zero-order valence-electron chi connectivity index (χ0n) is 11.1. The summed E-state index contributed by atoms with van der Waals surface area (Å²) in [6.07, 6.45) is 1.53. The molecule has 6 nitrogen and oxygen atoms in total. The summed E-state index contributed by atoms with van der Waals surface area (Å²) in [6, 6.07) is 6.38. The number of amides is 1. The van der Waals surface area contributed by atoms with Crippen molar-refractivity contribution in [3.05, 3.63) is 39.9 Å². The van der Waals surface area contributed by atoms with Crippen LogP contribution in [-0.4, -0.2) is 35.5 Å². The van der Waals surface area contributed by atoms with Crippen molar-refractivity contribution in [1.82, 2.24) is 4.90 Å². The molecule has 0 aliphatic carbocycles. The SMILES string of the molecule is O=C1CC2(CCN1Cc1ccc([N+](=O)[O-])cc1)COC2. The Hall–Kier alpha value is -1.95. The van der Waals surface area contributed by atoms with E-state index < -0.39 is 4.92 Å². The standard InChI is InChI=1S/C14H16N2O4/c17-13-7-14(9-20-10-14)5-6-15(13)8-11-1-3-12(4-2-11)16(18)19/h1-4H,5-10H2. The summed E-state index contributed by atoms with van der Waals surface area (Å²) < 4.78 is 5.22. The number of nitro benzene ring substituents is 1. The van der Waals surface area contributed by atoms with E-state index in [1.807, 2.05) is 4.90 Å². The molecule has 1 aromatic carbocycles. The first-order chi connectivity index (χ1) is 9.58. The Morgan fingerprint density at radius 3 is 2.50 bits per heavy atom. The van der Waals surface area contributed by atoms with E-state index in [0.29, 0.717) is 26.2 Å². The summed E-state index contributed by atoms with van der Waals surface area (Å²) >= 11 is 0. The lowest BCUT2D eigenvalue weighted by atomic mass is 9.76. The minimum Gasteiger partial charge on any atom is -0.380 e. The fraction of sp³-hybridized carbons (Fsp3) is 0.500. The van der Waals surface area contributed by atoms with Crippen molar-refractivity contribution in [2.45, 2.75) is 19.4 Å². The number of nitro groups is 1. The highest BCUT2D eigenvalue weighted by Gasteiger charge is 2.44. The van der Waals surface area contributed by atoms with Gasteiger partial charge in [-0.25, -0.2) is 0 Å². The van der Waals surface area contributed by atoms with Gasteiger partial charge < -0.3 is 9.64 Å². The fourth-order valence-electron chi connectivity index (χ4n) is 2.77. The Bertz CT molecular complexity index is 537. The number of likely N-dealkylation sites (tertiary alicyclic amines) is 1. The van der Waals surface area contributed by atoms with Crippen LogP contribution in [0.4, 0.5) is 5.69 Å². The maximum atomic E-state index is 12.1. The van der Waals surface area contributed by atoms with Gasteiger partial charge in [0.25, 0.3) is 5.69 Å². The topological polar surface area (TPSA) is 72.7 Å². The third-order valence-corrected chi connectivity index (χ3v) is 4.13. The molecule has 2 fully saturated rings. The second kappa shape index (κ2) is 4.86. The highest BCUT2D eigenvalue weighted by atomic mass is 16.6. The van der Waals surface area contributed by atoms with Crippen LogP contribution in [0.5, 0.6) is 0 Å². The number of piperidine rings is 1. The van der Waals surface area contributed by atoms with Crippen molar-refractivity contribution in [2.75, 3.05) is 19.8 Å². The van der Waals surface area contributed by atoms with Crippen molar-refractivity contribution in [1.29, 1.82) is 0 Å². The van der Waals surface area contributed by atoms with E-state index in [1.54, 1.807) is 12.1 Å². The summed E-state index contributed by atoms with van der Waals surface area (Å²) in [5.41, 5.74) is 1.08. The van der Waals surface area contributed by atoms with E-state index in [2.05, 4.69) is 0 Å². The van der Waals surface area contributed by atoms with E-state index in [4.69, 9.17) is 4.74 Å². The van der Waals surface area contributed by atoms with Crippen LogP contribution in [0, 0.1) is 15.5 Å². The molecule has 0 N–H and O–H groups in total. The van der Waals surface area contributed by atoms with Crippen molar-refractivity contribution in [2.24, 2.45) is 5.41 Å². The average molecular weight is 276 g/mol. The maximum Gasteiger partial charge on any atom is 0.269 e. The number of rotatable bonds is 3. The van der Waals surface area contributed by atoms with E-state index >= 15 is 0 Å². The second-order valence-corrected chi connectivity index (χ2v) is 5.66. The van der Waals surface area contributed by atoms with Crippen LogP contribution in [0.15, 0.2) is 24.3 Å². The second-order valence-electron chi connectivity index (χ2n) is 5.66. The highest BCUT2D eigenvalue weighted by Crippen LogP contribution is 2.39. The molecule has 1 amide bonds. The van der Waals surface area contributed by atoms with Crippen molar-refractivity contribution in [3.63, 3.8) is 0 Å². The Labute approximate surface area is 116 Å². The maximum absolute atomic E-state index is 12.1. The zero-order valence-corrected chi connectivity index (χ0v) is 11.1. The molecule has 0 aromatic heterocycles. The van der Waals surface area contributed by atoms with Gasteiger partial charge in [-0.15, -0.1) is 0 Å². The van der Waals surface area contributed by atoms with Crippen LogP contribution in [0.3, 0.4) is 0 Å². The molecule has 3 rings (SSSR count). The van der Waals surface area contributed by atoms with E-state index in [9.17, 15) is 14.9 Å². The molecular formula is C14H16N2O4. The summed E-state index contributed by atoms with van der Waals surface area (Å²) in [6.45, 7) is 2.65. The van der Waals surface area contributed by atoms with Gasteiger partial charge in [-0.2, -0.15) is 0 Å². The molecule has 1 spiro atoms. The molecule has 1 aromatic rings. The molecule has 0 radical (unpaired) electrons. The van der Waals surface area contributed by atoms with Gasteiger partial charge in [0.2, 0.25) is 5.91 Å². The largest absolute Gasteiger partial charge is 0.380 e. The zero-order chi connectivity index (χ0) is 14.2. The van der Waals surface area contributed by atoms with Gasteiger partial charge in [-0.1, -0.05) is 12.1 Å². The van der Waals surface area contributed by atoms with E-state index in [-0.39, 0.29) is 17.0 Å². The monoisotopic (exact) mass is 276 g/mol. The highest BCUT2D eigenvalue weighted by molar-refractivity contribution is 5.78. The number of carbonyl (C=O) groups excluding carboxylic acids is 1. The molecule has 0 saturated carbocycles. The fourth-order valence-corrected chi connectivity index (χ4v) is 2.77. The molecule has 2 aliphatic rings. The Morgan fingerprint density at radius 1 is 1.30 bits per heavy atom. The number of carbonyl (C=O) groups is 1. The van der Waals surface area contributed by atoms with Crippen LogP contribution in [0.25, 0.3) is 0 Å².